The lowest BCUT2D eigenvalue weighted by Gasteiger charge is -2.11. The second kappa shape index (κ2) is 11.1. The second-order valence-electron chi connectivity index (χ2n) is 6.84. The minimum absolute atomic E-state index is 0.0526. The summed E-state index contributed by atoms with van der Waals surface area (Å²) in [5.41, 5.74) is -0.286. The summed E-state index contributed by atoms with van der Waals surface area (Å²) in [5.74, 6) is 4.58. The first-order valence-electron chi connectivity index (χ1n) is 9.80. The molecule has 0 fully saturated rings. The third-order valence-electron chi connectivity index (χ3n) is 4.30. The lowest BCUT2D eigenvalue weighted by atomic mass is 10.1. The van der Waals surface area contributed by atoms with Crippen molar-refractivity contribution < 1.29 is 28.2 Å². The SMILES string of the molecule is Cc1cnc(NC(=O)c2cnc(CNC(O)c3cc(C#CCCO)ncn3)s2)cc1C(F)(F)F. The highest BCUT2D eigenvalue weighted by Gasteiger charge is 2.33. The fourth-order valence-corrected chi connectivity index (χ4v) is 3.42. The van der Waals surface area contributed by atoms with Crippen molar-refractivity contribution in [3.8, 4) is 11.8 Å². The molecule has 0 spiro atoms. The molecule has 0 saturated carbocycles. The molecule has 13 heteroatoms. The van der Waals surface area contributed by atoms with Crippen LogP contribution in [0.2, 0.25) is 0 Å². The normalized spacial score (nSPS) is 12.1. The number of aromatic nitrogens is 4. The van der Waals surface area contributed by atoms with E-state index in [1.807, 2.05) is 0 Å². The van der Waals surface area contributed by atoms with Gasteiger partial charge in [-0.1, -0.05) is 5.92 Å². The van der Waals surface area contributed by atoms with E-state index in [1.165, 1.54) is 25.5 Å². The Morgan fingerprint density at radius 2 is 2.00 bits per heavy atom. The molecular formula is C21H19F3N6O3S. The number of hydrogen-bond acceptors (Lipinski definition) is 9. The smallest absolute Gasteiger partial charge is 0.395 e. The topological polar surface area (TPSA) is 133 Å². The summed E-state index contributed by atoms with van der Waals surface area (Å²) >= 11 is 1.00. The van der Waals surface area contributed by atoms with Gasteiger partial charge in [-0.2, -0.15) is 13.2 Å². The van der Waals surface area contributed by atoms with E-state index < -0.39 is 23.9 Å². The molecule has 0 radical (unpaired) electrons. The van der Waals surface area contributed by atoms with Crippen molar-refractivity contribution in [3.63, 3.8) is 0 Å². The van der Waals surface area contributed by atoms with Crippen molar-refractivity contribution in [2.75, 3.05) is 11.9 Å². The molecule has 1 amide bonds. The summed E-state index contributed by atoms with van der Waals surface area (Å²) in [6.07, 6.45) is -1.87. The Morgan fingerprint density at radius 3 is 2.74 bits per heavy atom. The van der Waals surface area contributed by atoms with Crippen LogP contribution in [0.3, 0.4) is 0 Å². The van der Waals surface area contributed by atoms with Gasteiger partial charge in [0.1, 0.15) is 34.0 Å². The molecule has 34 heavy (non-hydrogen) atoms. The molecule has 1 unspecified atom stereocenters. The van der Waals surface area contributed by atoms with Crippen molar-refractivity contribution in [1.82, 2.24) is 25.3 Å². The molecule has 3 aromatic heterocycles. The number of rotatable bonds is 7. The van der Waals surface area contributed by atoms with Crippen LogP contribution in [0, 0.1) is 18.8 Å². The van der Waals surface area contributed by atoms with Gasteiger partial charge in [-0.3, -0.25) is 10.1 Å². The summed E-state index contributed by atoms with van der Waals surface area (Å²) in [6, 6.07) is 2.27. The molecule has 4 N–H and O–H groups in total. The third-order valence-corrected chi connectivity index (χ3v) is 5.29. The van der Waals surface area contributed by atoms with E-state index in [9.17, 15) is 23.1 Å². The summed E-state index contributed by atoms with van der Waals surface area (Å²) in [5, 5.41) is 24.7. The zero-order chi connectivity index (χ0) is 24.7. The lowest BCUT2D eigenvalue weighted by molar-refractivity contribution is -0.138. The van der Waals surface area contributed by atoms with Gasteiger partial charge in [0.2, 0.25) is 0 Å². The average molecular weight is 492 g/mol. The van der Waals surface area contributed by atoms with Crippen molar-refractivity contribution >= 4 is 23.1 Å². The zero-order valence-corrected chi connectivity index (χ0v) is 18.5. The highest BCUT2D eigenvalue weighted by Crippen LogP contribution is 2.32. The van der Waals surface area contributed by atoms with E-state index in [2.05, 4.69) is 42.4 Å². The largest absolute Gasteiger partial charge is 0.416 e. The van der Waals surface area contributed by atoms with E-state index >= 15 is 0 Å². The number of alkyl halides is 3. The molecule has 0 aliphatic rings. The van der Waals surface area contributed by atoms with Crippen molar-refractivity contribution in [3.05, 3.63) is 63.3 Å². The minimum atomic E-state index is -4.56. The predicted molar refractivity (Wildman–Crippen MR) is 116 cm³/mol. The number of pyridine rings is 1. The van der Waals surface area contributed by atoms with Gasteiger partial charge in [0.25, 0.3) is 5.91 Å². The summed E-state index contributed by atoms with van der Waals surface area (Å²) in [6.45, 7) is 1.31. The number of anilines is 1. The fourth-order valence-electron chi connectivity index (χ4n) is 2.66. The van der Waals surface area contributed by atoms with E-state index in [4.69, 9.17) is 5.11 Å². The molecule has 178 valence electrons. The van der Waals surface area contributed by atoms with Crippen LogP contribution in [0.4, 0.5) is 19.0 Å². The van der Waals surface area contributed by atoms with Crippen LogP contribution in [0.1, 0.15) is 49.8 Å². The maximum atomic E-state index is 13.1. The number of nitrogens with zero attached hydrogens (tertiary/aromatic N) is 4. The second-order valence-corrected chi connectivity index (χ2v) is 7.96. The molecule has 1 atom stereocenters. The molecule has 9 nitrogen and oxygen atoms in total. The Balaban J connectivity index is 1.60. The van der Waals surface area contributed by atoms with Gasteiger partial charge in [-0.05, 0) is 30.5 Å². The third kappa shape index (κ3) is 6.78. The van der Waals surface area contributed by atoms with Crippen LogP contribution in [0.5, 0.6) is 0 Å². The van der Waals surface area contributed by atoms with Gasteiger partial charge in [-0.15, -0.1) is 11.3 Å². The van der Waals surface area contributed by atoms with Crippen molar-refractivity contribution in [1.29, 1.82) is 0 Å². The van der Waals surface area contributed by atoms with E-state index in [0.717, 1.165) is 23.6 Å². The van der Waals surface area contributed by atoms with E-state index in [0.29, 0.717) is 17.1 Å². The van der Waals surface area contributed by atoms with Gasteiger partial charge in [0, 0.05) is 12.6 Å². The molecular weight excluding hydrogens is 473 g/mol. The number of amides is 1. The molecule has 3 rings (SSSR count). The Hall–Kier alpha value is -3.44. The number of aryl methyl sites for hydroxylation is 1. The van der Waals surface area contributed by atoms with Crippen LogP contribution < -0.4 is 10.6 Å². The van der Waals surface area contributed by atoms with Gasteiger partial charge in [0.05, 0.1) is 30.6 Å². The number of carbonyl (C=O) groups excluding carboxylic acids is 1. The first-order chi connectivity index (χ1) is 16.2. The van der Waals surface area contributed by atoms with E-state index in [-0.39, 0.29) is 35.1 Å². The number of carbonyl (C=O) groups is 1. The monoisotopic (exact) mass is 492 g/mol. The molecule has 0 saturated heterocycles. The highest BCUT2D eigenvalue weighted by molar-refractivity contribution is 7.13. The van der Waals surface area contributed by atoms with Gasteiger partial charge < -0.3 is 15.5 Å². The maximum absolute atomic E-state index is 13.1. The van der Waals surface area contributed by atoms with Crippen LogP contribution in [-0.2, 0) is 12.7 Å². The van der Waals surface area contributed by atoms with Gasteiger partial charge >= 0.3 is 6.18 Å². The van der Waals surface area contributed by atoms with Gasteiger partial charge in [-0.25, -0.2) is 19.9 Å². The summed E-state index contributed by atoms with van der Waals surface area (Å²) < 4.78 is 39.2. The highest BCUT2D eigenvalue weighted by atomic mass is 32.1. The first kappa shape index (κ1) is 25.2. The number of aliphatic hydroxyl groups is 2. The lowest BCUT2D eigenvalue weighted by Crippen LogP contribution is -2.21. The molecule has 3 heterocycles. The zero-order valence-electron chi connectivity index (χ0n) is 17.7. The average Bonchev–Trinajstić information content (AvgIpc) is 3.28. The van der Waals surface area contributed by atoms with Crippen LogP contribution in [0.15, 0.2) is 30.9 Å². The Bertz CT molecular complexity index is 1220. The molecule has 0 bridgehead atoms. The number of thiazole rings is 1. The molecule has 0 aliphatic heterocycles. The Morgan fingerprint density at radius 1 is 1.21 bits per heavy atom. The summed E-state index contributed by atoms with van der Waals surface area (Å²) in [4.78, 5) is 28.4. The predicted octanol–water partition coefficient (Wildman–Crippen LogP) is 2.42. The minimum Gasteiger partial charge on any atom is -0.395 e. The number of aliphatic hydroxyl groups excluding tert-OH is 2. The van der Waals surface area contributed by atoms with Crippen LogP contribution >= 0.6 is 11.3 Å². The number of halogens is 3. The van der Waals surface area contributed by atoms with Gasteiger partial charge in [0.15, 0.2) is 0 Å². The molecule has 0 aromatic carbocycles. The maximum Gasteiger partial charge on any atom is 0.416 e. The Labute approximate surface area is 196 Å². The quantitative estimate of drug-likeness (QED) is 0.292. The number of hydrogen-bond donors (Lipinski definition) is 4. The first-order valence-corrected chi connectivity index (χ1v) is 10.6. The summed E-state index contributed by atoms with van der Waals surface area (Å²) in [7, 11) is 0. The standard InChI is InChI=1S/C21H19F3N6O3S/c1-12-8-25-17(7-14(12)21(22,23)24)30-20(33)16-9-26-18(34-16)10-27-19(32)15-6-13(28-11-29-15)4-2-3-5-31/h6-9,11,19,27,31-32H,3,5,10H2,1H3,(H,25,30,33). The van der Waals surface area contributed by atoms with Crippen LogP contribution in [-0.4, -0.2) is 42.7 Å². The van der Waals surface area contributed by atoms with Crippen LogP contribution in [0.25, 0.3) is 0 Å². The van der Waals surface area contributed by atoms with E-state index in [1.54, 1.807) is 0 Å². The molecule has 3 aromatic rings. The van der Waals surface area contributed by atoms with Crippen molar-refractivity contribution in [2.24, 2.45) is 0 Å². The Kier molecular flexibility index (Phi) is 8.24. The molecule has 0 aliphatic carbocycles. The van der Waals surface area contributed by atoms with Crippen molar-refractivity contribution in [2.45, 2.75) is 32.3 Å². The number of nitrogens with one attached hydrogen (secondary N) is 2. The fraction of sp³-hybridized carbons (Fsp3) is 0.286.